The second-order valence-corrected chi connectivity index (χ2v) is 7.53. The summed E-state index contributed by atoms with van der Waals surface area (Å²) < 4.78 is 8.37. The Morgan fingerprint density at radius 2 is 1.69 bits per heavy atom. The predicted octanol–water partition coefficient (Wildman–Crippen LogP) is 4.01. The smallest absolute Gasteiger partial charge is 0.256 e. The maximum absolute atomic E-state index is 13.4. The number of hydrogen-bond acceptors (Lipinski definition) is 3. The lowest BCUT2D eigenvalue weighted by Gasteiger charge is -2.39. The number of carbonyl (C=O) groups is 1. The summed E-state index contributed by atoms with van der Waals surface area (Å²) in [5.41, 5.74) is 2.80. The van der Waals surface area contributed by atoms with Crippen LogP contribution in [-0.4, -0.2) is 29.2 Å². The molecule has 3 heterocycles. The van der Waals surface area contributed by atoms with E-state index in [1.807, 2.05) is 83.7 Å². The van der Waals surface area contributed by atoms with Gasteiger partial charge in [-0.1, -0.05) is 30.3 Å². The molecule has 5 rings (SSSR count). The van der Waals surface area contributed by atoms with Gasteiger partial charge in [0.25, 0.3) is 5.91 Å². The number of carbonyl (C=O) groups excluding carboxylic acids is 1. The number of hydrogen-bond donors (Lipinski definition) is 2. The first-order chi connectivity index (χ1) is 14.2. The number of rotatable bonds is 3. The molecule has 1 spiro atoms. The minimum absolute atomic E-state index is 0.113. The van der Waals surface area contributed by atoms with Crippen molar-refractivity contribution in [3.63, 3.8) is 0 Å². The first kappa shape index (κ1) is 17.8. The van der Waals surface area contributed by atoms with Gasteiger partial charge in [0.05, 0.1) is 16.9 Å². The number of benzene rings is 2. The maximum Gasteiger partial charge on any atom is 0.256 e. The lowest BCUT2D eigenvalue weighted by molar-refractivity contribution is -0.111. The van der Waals surface area contributed by atoms with Gasteiger partial charge in [0.15, 0.2) is 0 Å². The van der Waals surface area contributed by atoms with Crippen LogP contribution >= 0.6 is 0 Å². The molecule has 1 amide bonds. The van der Waals surface area contributed by atoms with Crippen LogP contribution in [0.25, 0.3) is 11.3 Å². The van der Waals surface area contributed by atoms with Gasteiger partial charge in [0.1, 0.15) is 11.4 Å². The minimum atomic E-state index is -0.424. The summed E-state index contributed by atoms with van der Waals surface area (Å²) in [6, 6.07) is 19.6. The van der Waals surface area contributed by atoms with E-state index in [1.165, 1.54) is 0 Å². The third-order valence-electron chi connectivity index (χ3n) is 5.63. The molecule has 0 radical (unpaired) electrons. The van der Waals surface area contributed by atoms with Gasteiger partial charge >= 0.3 is 0 Å². The number of amides is 1. The first-order valence-corrected chi connectivity index (χ1v) is 10.00. The van der Waals surface area contributed by atoms with E-state index in [1.54, 1.807) is 0 Å². The Kier molecular flexibility index (Phi) is 4.45. The summed E-state index contributed by atoms with van der Waals surface area (Å²) in [5.74, 6) is 0.666. The first-order valence-electron chi connectivity index (χ1n) is 10.00. The highest BCUT2D eigenvalue weighted by Gasteiger charge is 2.38. The highest BCUT2D eigenvalue weighted by atomic mass is 16.5. The third kappa shape index (κ3) is 3.34. The van der Waals surface area contributed by atoms with Crippen molar-refractivity contribution in [2.75, 3.05) is 18.4 Å². The van der Waals surface area contributed by atoms with E-state index < -0.39 is 5.60 Å². The molecule has 0 atom stereocenters. The minimum Gasteiger partial charge on any atom is -0.482 e. The Labute approximate surface area is 170 Å². The van der Waals surface area contributed by atoms with Gasteiger partial charge in [-0.15, -0.1) is 0 Å². The summed E-state index contributed by atoms with van der Waals surface area (Å²) in [7, 11) is 0. The predicted molar refractivity (Wildman–Crippen MR) is 114 cm³/mol. The molecule has 0 bridgehead atoms. The van der Waals surface area contributed by atoms with E-state index in [0.29, 0.717) is 5.57 Å². The summed E-state index contributed by atoms with van der Waals surface area (Å²) in [6.45, 7) is 1.76. The molecule has 2 aliphatic rings. The number of aromatic nitrogens is 1. The van der Waals surface area contributed by atoms with Crippen molar-refractivity contribution in [3.8, 4) is 11.4 Å². The maximum atomic E-state index is 13.4. The second kappa shape index (κ2) is 7.26. The van der Waals surface area contributed by atoms with Crippen LogP contribution in [0.15, 0.2) is 79.1 Å². The molecule has 5 heteroatoms. The van der Waals surface area contributed by atoms with E-state index in [0.717, 1.165) is 48.6 Å². The highest BCUT2D eigenvalue weighted by molar-refractivity contribution is 6.26. The molecule has 2 N–H and O–H groups in total. The number of anilines is 1. The summed E-state index contributed by atoms with van der Waals surface area (Å²) in [4.78, 5) is 13.4. The fourth-order valence-corrected chi connectivity index (χ4v) is 4.14. The Morgan fingerprint density at radius 3 is 2.52 bits per heavy atom. The molecule has 0 unspecified atom stereocenters. The van der Waals surface area contributed by atoms with Crippen LogP contribution in [0.3, 0.4) is 0 Å². The Bertz CT molecular complexity index is 1060. The van der Waals surface area contributed by atoms with Gasteiger partial charge in [-0.2, -0.15) is 0 Å². The average molecular weight is 385 g/mol. The van der Waals surface area contributed by atoms with Gasteiger partial charge in [-0.05, 0) is 49.5 Å². The molecular formula is C24H23N3O2. The van der Waals surface area contributed by atoms with Crippen molar-refractivity contribution in [3.05, 3.63) is 84.7 Å². The van der Waals surface area contributed by atoms with Gasteiger partial charge in [-0.3, -0.25) is 4.79 Å². The molecule has 1 aromatic heterocycles. The van der Waals surface area contributed by atoms with Gasteiger partial charge in [0.2, 0.25) is 0 Å². The van der Waals surface area contributed by atoms with Crippen LogP contribution in [-0.2, 0) is 4.79 Å². The quantitative estimate of drug-likeness (QED) is 0.716. The number of nitrogens with zero attached hydrogens (tertiary/aromatic N) is 1. The van der Waals surface area contributed by atoms with Crippen LogP contribution in [0.4, 0.5) is 5.69 Å². The van der Waals surface area contributed by atoms with E-state index >= 15 is 0 Å². The average Bonchev–Trinajstić information content (AvgIpc) is 3.29. The molecule has 29 heavy (non-hydrogen) atoms. The molecule has 2 aliphatic heterocycles. The lowest BCUT2D eigenvalue weighted by Crippen LogP contribution is -2.46. The molecule has 0 saturated carbocycles. The molecule has 1 fully saturated rings. The van der Waals surface area contributed by atoms with Crippen LogP contribution in [0.1, 0.15) is 18.4 Å². The lowest BCUT2D eigenvalue weighted by atomic mass is 9.85. The Balaban J connectivity index is 1.52. The zero-order valence-corrected chi connectivity index (χ0v) is 16.1. The summed E-state index contributed by atoms with van der Waals surface area (Å²) >= 11 is 0. The standard InChI is InChI=1S/C24H23N3O2/c28-23(26-20-8-2-3-9-21(20)27-15-5-6-16-27)19-17-24(11-13-25-14-12-24)29-22-10-4-1-7-18(19)22/h1-10,15-17,25H,11-14H2,(H,26,28). The summed E-state index contributed by atoms with van der Waals surface area (Å²) in [5, 5.41) is 6.51. The third-order valence-corrected chi connectivity index (χ3v) is 5.63. The van der Waals surface area contributed by atoms with Crippen LogP contribution < -0.4 is 15.4 Å². The molecule has 2 aromatic carbocycles. The van der Waals surface area contributed by atoms with Crippen LogP contribution in [0.2, 0.25) is 0 Å². The van der Waals surface area contributed by atoms with E-state index in [4.69, 9.17) is 4.74 Å². The van der Waals surface area contributed by atoms with Crippen molar-refractivity contribution in [2.45, 2.75) is 18.4 Å². The van der Waals surface area contributed by atoms with Crippen LogP contribution in [0.5, 0.6) is 5.75 Å². The van der Waals surface area contributed by atoms with Gasteiger partial charge in [-0.25, -0.2) is 0 Å². The zero-order valence-electron chi connectivity index (χ0n) is 16.1. The monoisotopic (exact) mass is 385 g/mol. The van der Waals surface area contributed by atoms with Crippen molar-refractivity contribution in [2.24, 2.45) is 0 Å². The fraction of sp³-hybridized carbons (Fsp3) is 0.208. The summed E-state index contributed by atoms with van der Waals surface area (Å²) in [6.07, 6.45) is 7.66. The SMILES string of the molecule is O=C(Nc1ccccc1-n1cccc1)C1=CC2(CCNCC2)Oc2ccccc21. The van der Waals surface area contributed by atoms with Crippen LogP contribution in [0, 0.1) is 0 Å². The molecule has 0 aliphatic carbocycles. The number of fused-ring (bicyclic) bond motifs is 1. The van der Waals surface area contributed by atoms with Crippen molar-refractivity contribution < 1.29 is 9.53 Å². The number of ether oxygens (including phenoxy) is 1. The second-order valence-electron chi connectivity index (χ2n) is 7.53. The van der Waals surface area contributed by atoms with Crippen molar-refractivity contribution >= 4 is 17.2 Å². The zero-order chi connectivity index (χ0) is 19.7. The molecular weight excluding hydrogens is 362 g/mol. The van der Waals surface area contributed by atoms with Gasteiger partial charge in [0, 0.05) is 30.8 Å². The van der Waals surface area contributed by atoms with Crippen molar-refractivity contribution in [1.29, 1.82) is 0 Å². The topological polar surface area (TPSA) is 55.3 Å². The van der Waals surface area contributed by atoms with E-state index in [9.17, 15) is 4.79 Å². The largest absolute Gasteiger partial charge is 0.482 e. The molecule has 146 valence electrons. The van der Waals surface area contributed by atoms with Crippen molar-refractivity contribution in [1.82, 2.24) is 9.88 Å². The fourth-order valence-electron chi connectivity index (χ4n) is 4.14. The molecule has 5 nitrogen and oxygen atoms in total. The highest BCUT2D eigenvalue weighted by Crippen LogP contribution is 2.40. The number of para-hydroxylation sites is 3. The van der Waals surface area contributed by atoms with Gasteiger partial charge < -0.3 is 19.9 Å². The Hall–Kier alpha value is -3.31. The Morgan fingerprint density at radius 1 is 0.966 bits per heavy atom. The molecule has 1 saturated heterocycles. The van der Waals surface area contributed by atoms with E-state index in [-0.39, 0.29) is 5.91 Å². The normalized spacial score (nSPS) is 17.2. The number of piperidine rings is 1. The molecule has 3 aromatic rings. The van der Waals surface area contributed by atoms with E-state index in [2.05, 4.69) is 10.6 Å². The number of nitrogens with one attached hydrogen (secondary N) is 2.